The maximum absolute atomic E-state index is 12.7. The van der Waals surface area contributed by atoms with Gasteiger partial charge in [-0.1, -0.05) is 145 Å². The van der Waals surface area contributed by atoms with Crippen LogP contribution in [0.5, 0.6) is 40.5 Å². The Kier molecular flexibility index (Phi) is 38.0. The van der Waals surface area contributed by atoms with E-state index in [1.165, 1.54) is 46.3 Å². The van der Waals surface area contributed by atoms with Crippen molar-refractivity contribution < 1.29 is 101 Å². The van der Waals surface area contributed by atoms with Gasteiger partial charge < -0.3 is 69.7 Å². The van der Waals surface area contributed by atoms with E-state index in [4.69, 9.17) is 58.5 Å². The third kappa shape index (κ3) is 28.9. The topological polar surface area (TPSA) is 367 Å². The van der Waals surface area contributed by atoms with E-state index in [1.54, 1.807) is 76.4 Å². The number of aliphatic carboxylic acids is 1. The number of ether oxygens (including phenoxy) is 7. The molecule has 0 bridgehead atoms. The fourth-order valence-corrected chi connectivity index (χ4v) is 14.3. The van der Waals surface area contributed by atoms with Crippen molar-refractivity contribution in [3.8, 4) is 91.0 Å². The average molecular weight is 1830 g/mol. The van der Waals surface area contributed by atoms with Crippen LogP contribution in [0.25, 0.3) is 82.8 Å². The molecule has 0 aliphatic rings. The number of esters is 2. The normalized spacial score (nSPS) is 10.7. The van der Waals surface area contributed by atoms with Crippen molar-refractivity contribution in [3.05, 3.63) is 316 Å². The van der Waals surface area contributed by atoms with Crippen molar-refractivity contribution >= 4 is 80.5 Å². The fraction of sp³-hybridized carbons (Fsp3) is 0.243. The second-order valence-corrected chi connectivity index (χ2v) is 32.8. The summed E-state index contributed by atoms with van der Waals surface area (Å²) in [6, 6.07) is 75.1. The number of benzene rings is 12. The summed E-state index contributed by atoms with van der Waals surface area (Å²) in [6.07, 6.45) is 5.87. The third-order valence-electron chi connectivity index (χ3n) is 20.8. The largest absolute Gasteiger partial charge is 1.00 e. The van der Waals surface area contributed by atoms with Gasteiger partial charge in [-0.2, -0.15) is 0 Å². The number of hydrogen-bond donors (Lipinski definition) is 7. The molecule has 3 aromatic heterocycles. The first kappa shape index (κ1) is 105. The molecule has 27 nitrogen and oxygen atoms in total. The van der Waals surface area contributed by atoms with E-state index in [0.717, 1.165) is 100.0 Å². The molecule has 0 aliphatic heterocycles. The number of fused-ring (bicyclic) bond motifs is 3. The average Bonchev–Trinajstić information content (AvgIpc) is 1.67. The van der Waals surface area contributed by atoms with Gasteiger partial charge in [0.15, 0.2) is 0 Å². The molecule has 15 rings (SSSR count). The number of rotatable bonds is 31. The molecule has 3 heterocycles. The second kappa shape index (κ2) is 49.3. The molecule has 15 aromatic rings. The summed E-state index contributed by atoms with van der Waals surface area (Å²) in [6.45, 7) is 28.8. The van der Waals surface area contributed by atoms with Crippen LogP contribution in [-0.4, -0.2) is 144 Å². The Morgan fingerprint density at radius 1 is 0.397 bits per heavy atom. The summed E-state index contributed by atoms with van der Waals surface area (Å²) < 4.78 is 45.8. The van der Waals surface area contributed by atoms with Gasteiger partial charge in [0.1, 0.15) is 45.8 Å². The number of aryl methyl sites for hydroxylation is 6. The quantitative estimate of drug-likeness (QED) is 0.0157. The van der Waals surface area contributed by atoms with Crippen molar-refractivity contribution in [2.75, 3.05) is 32.8 Å². The van der Waals surface area contributed by atoms with Gasteiger partial charge in [0.05, 0.1) is 67.5 Å². The molecule has 136 heavy (non-hydrogen) atoms. The number of carboxylic acids is 1. The maximum Gasteiger partial charge on any atom is 1.00 e. The fourth-order valence-electron chi connectivity index (χ4n) is 14.3. The molecule has 0 radical (unpaired) electrons. The van der Waals surface area contributed by atoms with Gasteiger partial charge in [-0.15, -0.1) is 10.2 Å². The molecular formula is C107H115BLiN9O18. The van der Waals surface area contributed by atoms with E-state index < -0.39 is 13.1 Å². The number of H-pyrrole nitrogens is 1. The Labute approximate surface area is 803 Å². The van der Waals surface area contributed by atoms with Crippen molar-refractivity contribution in [1.29, 1.82) is 0 Å². The van der Waals surface area contributed by atoms with Crippen LogP contribution in [0.2, 0.25) is 0 Å². The molecule has 0 spiro atoms. The first-order valence-corrected chi connectivity index (χ1v) is 44.1. The maximum atomic E-state index is 12.7. The molecule has 8 N–H and O–H groups in total. The molecule has 0 saturated carbocycles. The van der Waals surface area contributed by atoms with Gasteiger partial charge in [-0.05, 0) is 283 Å². The van der Waals surface area contributed by atoms with Crippen molar-refractivity contribution in [3.63, 3.8) is 0 Å². The molecule has 29 heteroatoms. The van der Waals surface area contributed by atoms with Crippen LogP contribution >= 0.6 is 0 Å². The van der Waals surface area contributed by atoms with Gasteiger partial charge >= 0.3 is 43.9 Å². The number of carboxylic acid groups (broad SMARTS) is 1. The predicted molar refractivity (Wildman–Crippen MR) is 528 cm³/mol. The SMILES string of the molecule is C.CCOC(=O)CCNC(=O)c1ccc(B(O)O)cc1.CCOC(=O)CCNC(=O)c1ccc(Oc2nn(-c3cc(C)ccc3OC(C)C)cc2-c2ccc3cc(C)ccc3c2)cc1.Cc1ccc(OC(C)C)c(-n2cc(-c3ccc4cc(C)ccc4c3)c(=O)[nH]2)c1.Cc1ccc(OC(C)C)c(-n2cc(-c3ccc4cc(C)ccc4c3)c(Oc3ccc(C(=O)NCCC(=O)O)cc3)n2)c1.[Li+].[OH-]. The minimum atomic E-state index is -1.55. The number of amides is 3. The van der Waals surface area contributed by atoms with Gasteiger partial charge in [0.2, 0.25) is 11.8 Å². The molecule has 0 aliphatic carbocycles. The van der Waals surface area contributed by atoms with Crippen molar-refractivity contribution in [1.82, 2.24) is 45.3 Å². The number of aromatic amines is 1. The third-order valence-corrected chi connectivity index (χ3v) is 20.8. The van der Waals surface area contributed by atoms with Crippen LogP contribution in [0.3, 0.4) is 0 Å². The zero-order valence-electron chi connectivity index (χ0n) is 78.5. The zero-order valence-corrected chi connectivity index (χ0v) is 78.5. The van der Waals surface area contributed by atoms with Crippen LogP contribution in [0, 0.1) is 41.5 Å². The van der Waals surface area contributed by atoms with Crippen LogP contribution < -0.4 is 69.5 Å². The first-order chi connectivity index (χ1) is 63.8. The number of carbonyl (C=O) groups excluding carboxylic acids is 5. The summed E-state index contributed by atoms with van der Waals surface area (Å²) in [5, 5.41) is 54.0. The number of aromatic nitrogens is 6. The number of nitrogens with one attached hydrogen (secondary N) is 4. The minimum absolute atomic E-state index is 0. The summed E-state index contributed by atoms with van der Waals surface area (Å²) in [5.74, 6) is 1.38. The summed E-state index contributed by atoms with van der Waals surface area (Å²) in [4.78, 5) is 82.7. The Morgan fingerprint density at radius 3 is 1.05 bits per heavy atom. The molecule has 3 amide bonds. The summed E-state index contributed by atoms with van der Waals surface area (Å²) >= 11 is 0. The molecule has 700 valence electrons. The van der Waals surface area contributed by atoms with Crippen LogP contribution in [0.1, 0.15) is 147 Å². The van der Waals surface area contributed by atoms with Crippen LogP contribution in [0.15, 0.2) is 260 Å². The van der Waals surface area contributed by atoms with E-state index in [1.807, 2.05) is 142 Å². The van der Waals surface area contributed by atoms with Gasteiger partial charge in [-0.3, -0.25) is 43.3 Å². The van der Waals surface area contributed by atoms with Gasteiger partial charge in [0.25, 0.3) is 23.3 Å². The smallest absolute Gasteiger partial charge is 0.870 e. The monoisotopic (exact) mass is 1830 g/mol. The number of nitrogens with zero attached hydrogens (tertiary/aromatic N) is 5. The Balaban J connectivity index is 0.000000210. The molecule has 0 atom stereocenters. The Bertz CT molecular complexity index is 6720. The molecular weight excluding hydrogens is 1720 g/mol. The predicted octanol–water partition coefficient (Wildman–Crippen LogP) is 16.6. The number of hydrogen-bond acceptors (Lipinski definition) is 19. The summed E-state index contributed by atoms with van der Waals surface area (Å²) in [5.41, 5.74) is 15.8. The van der Waals surface area contributed by atoms with Crippen LogP contribution in [0.4, 0.5) is 0 Å². The van der Waals surface area contributed by atoms with Crippen LogP contribution in [-0.2, 0) is 23.9 Å². The Morgan fingerprint density at radius 2 is 0.706 bits per heavy atom. The van der Waals surface area contributed by atoms with E-state index in [-0.39, 0.29) is 124 Å². The zero-order chi connectivity index (χ0) is 95.1. The second-order valence-electron chi connectivity index (χ2n) is 32.8. The summed E-state index contributed by atoms with van der Waals surface area (Å²) in [7, 11) is -1.55. The van der Waals surface area contributed by atoms with E-state index in [2.05, 4.69) is 145 Å². The van der Waals surface area contributed by atoms with Crippen molar-refractivity contribution in [2.45, 2.75) is 142 Å². The molecule has 0 unspecified atom stereocenters. The van der Waals surface area contributed by atoms with Gasteiger partial charge in [0, 0.05) is 54.9 Å². The van der Waals surface area contributed by atoms with Gasteiger partial charge in [-0.25, -0.2) is 9.36 Å². The molecule has 0 fully saturated rings. The van der Waals surface area contributed by atoms with E-state index >= 15 is 0 Å². The minimum Gasteiger partial charge on any atom is -0.870 e. The first-order valence-electron chi connectivity index (χ1n) is 44.1. The van der Waals surface area contributed by atoms with E-state index in [9.17, 15) is 33.6 Å². The molecule has 12 aromatic carbocycles. The van der Waals surface area contributed by atoms with E-state index in [0.29, 0.717) is 69.9 Å². The van der Waals surface area contributed by atoms with Crippen molar-refractivity contribution in [2.24, 2.45) is 0 Å². The standard InChI is InChI=1S/C36H37N3O5.C34H33N3O5.C24H24N2O2.C12H16BNO5.CH4.Li.H2O/c1-6-42-34(40)17-18-37-35(41)26-12-14-30(15-13-26)44-36-31(29-11-10-27-19-24(4)7-9-28(27)21-29)22-39(38-36)32-20-25(5)8-16-33(32)43-23(2)3;1-21(2)41-31-14-6-23(4)18-30(31)37-20-29(27-9-8-25-17-22(3)5-7-26(25)19-27)34(36-37)42-28-12-10-24(11-13-28)33(40)35-16-15-32(38)39;1-15(2)28-23-10-6-17(4)12-22(23)26-14-21(24(27)25-26)20-9-8-18-11-16(3)5-7-19(18)13-20;1-2-19-11(15)7-8-14-12(16)9-3-5-10(6-4-9)13(17)18;;;/h7-16,19-23H,6,17-18H2,1-5H3,(H,37,41);5-14,17-21H,15-16H2,1-4H3,(H,35,40)(H,38,39);5-15H,1-4H3,(H,25,27);3-6,17-18H,2,7-8H2,1H3,(H,14,16);1H4;;1H2/q;;;;;+1;/p-1. The molecule has 0 saturated heterocycles. The number of carbonyl (C=O) groups is 6. The Hall–Kier alpha value is -14.8.